The van der Waals surface area contributed by atoms with Gasteiger partial charge in [0.25, 0.3) is 0 Å². The summed E-state index contributed by atoms with van der Waals surface area (Å²) in [4.78, 5) is 33.5. The average Bonchev–Trinajstić information content (AvgIpc) is 3.28. The number of carbonyl (C=O) groups excluding carboxylic acids is 2. The largest absolute Gasteiger partial charge is 0.454 e. The number of hydrogen-bond donors (Lipinski definition) is 1. The number of Topliss-reactive ketones (excluding diaryl/α,β-unsaturated/α-hetero) is 1. The van der Waals surface area contributed by atoms with E-state index in [1.165, 1.54) is 4.90 Å². The number of benzene rings is 4. The second-order valence-corrected chi connectivity index (χ2v) is 9.12. The number of anilines is 1. The standard InChI is InChI=1S/C29H21Cl2N3O3/c30-20-16-17-23(24(31)18-20)27-25(26(35)19-10-4-1-5-11-19)34(28(36)32-21-12-6-2-7-13-21)29(37-27)33-22-14-8-3-9-15-22/h1-18,25,27H,(H,32,36)/t25-,27-/m1/s1. The molecular weight excluding hydrogens is 509 g/mol. The van der Waals surface area contributed by atoms with E-state index < -0.39 is 18.2 Å². The van der Waals surface area contributed by atoms with Gasteiger partial charge in [0.2, 0.25) is 0 Å². The van der Waals surface area contributed by atoms with Gasteiger partial charge in [0.1, 0.15) is 6.04 Å². The van der Waals surface area contributed by atoms with Crippen molar-refractivity contribution in [3.05, 3.63) is 130 Å². The first-order chi connectivity index (χ1) is 18.0. The van der Waals surface area contributed by atoms with E-state index in [9.17, 15) is 9.59 Å². The Bertz CT molecular complexity index is 1450. The molecule has 4 aromatic carbocycles. The number of ether oxygens (including phenoxy) is 1. The summed E-state index contributed by atoms with van der Waals surface area (Å²) < 4.78 is 6.27. The maximum absolute atomic E-state index is 13.9. The number of carbonyl (C=O) groups is 2. The van der Waals surface area contributed by atoms with E-state index in [4.69, 9.17) is 27.9 Å². The molecule has 184 valence electrons. The van der Waals surface area contributed by atoms with E-state index in [1.807, 2.05) is 30.3 Å². The number of hydrogen-bond acceptors (Lipinski definition) is 4. The molecule has 6 nitrogen and oxygen atoms in total. The Hall–Kier alpha value is -4.13. The minimum Gasteiger partial charge on any atom is -0.454 e. The molecule has 1 N–H and O–H groups in total. The first-order valence-corrected chi connectivity index (χ1v) is 12.3. The van der Waals surface area contributed by atoms with Crippen LogP contribution in [0.5, 0.6) is 0 Å². The third-order valence-corrected chi connectivity index (χ3v) is 6.39. The molecule has 5 rings (SSSR count). The molecule has 1 aliphatic heterocycles. The van der Waals surface area contributed by atoms with E-state index in [-0.39, 0.29) is 11.8 Å². The molecule has 37 heavy (non-hydrogen) atoms. The van der Waals surface area contributed by atoms with Gasteiger partial charge in [-0.25, -0.2) is 9.69 Å². The van der Waals surface area contributed by atoms with Gasteiger partial charge >= 0.3 is 12.1 Å². The van der Waals surface area contributed by atoms with Gasteiger partial charge in [-0.1, -0.05) is 96.0 Å². The molecule has 1 saturated heterocycles. The summed E-state index contributed by atoms with van der Waals surface area (Å²) >= 11 is 12.7. The molecule has 0 aromatic heterocycles. The summed E-state index contributed by atoms with van der Waals surface area (Å²) in [6, 6.07) is 30.0. The van der Waals surface area contributed by atoms with Crippen LogP contribution in [0.4, 0.5) is 16.2 Å². The first-order valence-electron chi connectivity index (χ1n) is 11.5. The van der Waals surface area contributed by atoms with E-state index in [0.29, 0.717) is 32.5 Å². The molecule has 2 atom stereocenters. The molecule has 1 fully saturated rings. The number of rotatable bonds is 5. The van der Waals surface area contributed by atoms with Crippen molar-refractivity contribution in [1.82, 2.24) is 4.90 Å². The van der Waals surface area contributed by atoms with Gasteiger partial charge in [0, 0.05) is 26.9 Å². The fourth-order valence-corrected chi connectivity index (χ4v) is 4.61. The molecule has 1 aliphatic rings. The molecule has 0 aliphatic carbocycles. The van der Waals surface area contributed by atoms with E-state index in [0.717, 1.165) is 0 Å². The van der Waals surface area contributed by atoms with Gasteiger partial charge in [-0.2, -0.15) is 4.99 Å². The van der Waals surface area contributed by atoms with Crippen LogP contribution in [-0.4, -0.2) is 28.8 Å². The molecule has 0 saturated carbocycles. The van der Waals surface area contributed by atoms with Crippen molar-refractivity contribution >= 4 is 52.4 Å². The number of para-hydroxylation sites is 2. The van der Waals surface area contributed by atoms with Crippen molar-refractivity contribution in [2.45, 2.75) is 12.1 Å². The maximum Gasteiger partial charge on any atom is 0.330 e. The lowest BCUT2D eigenvalue weighted by Crippen LogP contribution is -2.46. The van der Waals surface area contributed by atoms with Crippen LogP contribution in [-0.2, 0) is 4.74 Å². The van der Waals surface area contributed by atoms with Gasteiger partial charge in [0.05, 0.1) is 5.69 Å². The van der Waals surface area contributed by atoms with Crippen molar-refractivity contribution in [2.75, 3.05) is 5.32 Å². The smallest absolute Gasteiger partial charge is 0.330 e. The summed E-state index contributed by atoms with van der Waals surface area (Å²) in [6.07, 6.45) is -0.929. The van der Waals surface area contributed by atoms with Crippen molar-refractivity contribution in [2.24, 2.45) is 4.99 Å². The van der Waals surface area contributed by atoms with Crippen LogP contribution in [0.1, 0.15) is 22.0 Å². The number of nitrogens with zero attached hydrogens (tertiary/aromatic N) is 2. The lowest BCUT2D eigenvalue weighted by molar-refractivity contribution is 0.0848. The zero-order valence-corrected chi connectivity index (χ0v) is 20.9. The Balaban J connectivity index is 1.65. The van der Waals surface area contributed by atoms with E-state index in [1.54, 1.807) is 78.9 Å². The molecule has 4 aromatic rings. The quantitative estimate of drug-likeness (QED) is 0.271. The summed E-state index contributed by atoms with van der Waals surface area (Å²) in [6.45, 7) is 0. The molecule has 2 amide bonds. The third kappa shape index (κ3) is 5.35. The van der Waals surface area contributed by atoms with Crippen LogP contribution < -0.4 is 5.32 Å². The molecule has 1 heterocycles. The predicted molar refractivity (Wildman–Crippen MR) is 146 cm³/mol. The topological polar surface area (TPSA) is 71.0 Å². The fourth-order valence-electron chi connectivity index (χ4n) is 4.09. The highest BCUT2D eigenvalue weighted by atomic mass is 35.5. The number of aliphatic imine (C=N–C) groups is 1. The van der Waals surface area contributed by atoms with Gasteiger partial charge in [-0.05, 0) is 36.4 Å². The molecule has 8 heteroatoms. The third-order valence-electron chi connectivity index (χ3n) is 5.82. The monoisotopic (exact) mass is 529 g/mol. The van der Waals surface area contributed by atoms with E-state index >= 15 is 0 Å². The van der Waals surface area contributed by atoms with Gasteiger partial charge in [-0.3, -0.25) is 4.79 Å². The predicted octanol–water partition coefficient (Wildman–Crippen LogP) is 7.54. The van der Waals surface area contributed by atoms with Crippen molar-refractivity contribution in [3.8, 4) is 0 Å². The second kappa shape index (κ2) is 10.9. The number of halogens is 2. The Kier molecular flexibility index (Phi) is 7.21. The van der Waals surface area contributed by atoms with Crippen LogP contribution in [0.25, 0.3) is 0 Å². The van der Waals surface area contributed by atoms with Crippen molar-refractivity contribution in [1.29, 1.82) is 0 Å². The Morgan fingerprint density at radius 3 is 2.08 bits per heavy atom. The SMILES string of the molecule is O=C(c1ccccc1)[C@@H]1[C@@H](c2ccc(Cl)cc2Cl)OC(=Nc2ccccc2)N1C(=O)Nc1ccccc1. The highest BCUT2D eigenvalue weighted by Crippen LogP contribution is 2.39. The summed E-state index contributed by atoms with van der Waals surface area (Å²) in [7, 11) is 0. The fraction of sp³-hybridized carbons (Fsp3) is 0.0690. The Morgan fingerprint density at radius 1 is 0.811 bits per heavy atom. The van der Waals surface area contributed by atoms with Gasteiger partial charge < -0.3 is 10.1 Å². The number of ketones is 1. The van der Waals surface area contributed by atoms with Crippen LogP contribution >= 0.6 is 23.2 Å². The lowest BCUT2D eigenvalue weighted by atomic mass is 9.94. The van der Waals surface area contributed by atoms with Crippen LogP contribution in [0, 0.1) is 0 Å². The molecular formula is C29H21Cl2N3O3. The van der Waals surface area contributed by atoms with Crippen molar-refractivity contribution < 1.29 is 14.3 Å². The second-order valence-electron chi connectivity index (χ2n) is 8.28. The van der Waals surface area contributed by atoms with Crippen LogP contribution in [0.2, 0.25) is 10.0 Å². The highest BCUT2D eigenvalue weighted by Gasteiger charge is 2.49. The lowest BCUT2D eigenvalue weighted by Gasteiger charge is -2.24. The number of amides is 2. The highest BCUT2D eigenvalue weighted by molar-refractivity contribution is 6.35. The van der Waals surface area contributed by atoms with E-state index in [2.05, 4.69) is 10.3 Å². The number of nitrogens with one attached hydrogen (secondary N) is 1. The zero-order valence-electron chi connectivity index (χ0n) is 19.4. The van der Waals surface area contributed by atoms with Crippen molar-refractivity contribution in [3.63, 3.8) is 0 Å². The van der Waals surface area contributed by atoms with Gasteiger partial charge in [0.15, 0.2) is 11.9 Å². The minimum atomic E-state index is -1.09. The summed E-state index contributed by atoms with van der Waals surface area (Å²) in [5.41, 5.74) is 2.05. The van der Waals surface area contributed by atoms with Crippen LogP contribution in [0.15, 0.2) is 114 Å². The maximum atomic E-state index is 13.9. The number of amidine groups is 1. The van der Waals surface area contributed by atoms with Crippen LogP contribution in [0.3, 0.4) is 0 Å². The molecule has 0 bridgehead atoms. The average molecular weight is 530 g/mol. The Labute approximate surface area is 224 Å². The minimum absolute atomic E-state index is 0.0232. The molecule has 0 spiro atoms. The Morgan fingerprint density at radius 2 is 1.43 bits per heavy atom. The normalized spacial score (nSPS) is 17.9. The first kappa shape index (κ1) is 24.6. The molecule has 0 unspecified atom stereocenters. The van der Waals surface area contributed by atoms with Gasteiger partial charge in [-0.15, -0.1) is 0 Å². The summed E-state index contributed by atoms with van der Waals surface area (Å²) in [5, 5.41) is 3.60. The zero-order chi connectivity index (χ0) is 25.8. The molecule has 0 radical (unpaired) electrons. The number of urea groups is 1. The summed E-state index contributed by atoms with van der Waals surface area (Å²) in [5.74, 6) is -0.321.